The zero-order valence-corrected chi connectivity index (χ0v) is 14.9. The number of carbonyl (C=O) groups excluding carboxylic acids is 2. The number of piperazine rings is 1. The maximum atomic E-state index is 12.8. The fourth-order valence-electron chi connectivity index (χ4n) is 3.47. The summed E-state index contributed by atoms with van der Waals surface area (Å²) >= 11 is 0. The number of hydrogen-bond donors (Lipinski definition) is 3. The van der Waals surface area contributed by atoms with Crippen LogP contribution in [0.25, 0.3) is 0 Å². The third-order valence-electron chi connectivity index (χ3n) is 4.99. The maximum absolute atomic E-state index is 12.8. The zero-order chi connectivity index (χ0) is 18.6. The number of furan rings is 1. The van der Waals surface area contributed by atoms with Gasteiger partial charge in [0.25, 0.3) is 0 Å². The van der Waals surface area contributed by atoms with E-state index in [2.05, 4.69) is 16.2 Å². The van der Waals surface area contributed by atoms with Crippen LogP contribution >= 0.6 is 0 Å². The number of hydrogen-bond acceptors (Lipinski definition) is 5. The Labute approximate surface area is 157 Å². The molecule has 2 aromatic rings. The van der Waals surface area contributed by atoms with Crippen LogP contribution < -0.4 is 16.2 Å². The SMILES string of the molecule is O=C(Nc1ccccc1)N1CCN(C(=O)C2CC(c3ccco3)NN2)CC1. The molecule has 142 valence electrons. The summed E-state index contributed by atoms with van der Waals surface area (Å²) in [6.45, 7) is 2.10. The van der Waals surface area contributed by atoms with Crippen LogP contribution in [-0.2, 0) is 4.79 Å². The Hall–Kier alpha value is -2.84. The summed E-state index contributed by atoms with van der Waals surface area (Å²) in [5.41, 5.74) is 6.95. The van der Waals surface area contributed by atoms with Crippen molar-refractivity contribution in [1.29, 1.82) is 0 Å². The molecule has 4 rings (SSSR count). The number of para-hydroxylation sites is 1. The predicted octanol–water partition coefficient (Wildman–Crippen LogP) is 1.56. The van der Waals surface area contributed by atoms with E-state index < -0.39 is 0 Å². The van der Waals surface area contributed by atoms with Crippen LogP contribution in [-0.4, -0.2) is 54.0 Å². The predicted molar refractivity (Wildman–Crippen MR) is 99.7 cm³/mol. The van der Waals surface area contributed by atoms with Crippen molar-refractivity contribution in [2.75, 3.05) is 31.5 Å². The highest BCUT2D eigenvalue weighted by Crippen LogP contribution is 2.23. The third kappa shape index (κ3) is 3.96. The van der Waals surface area contributed by atoms with E-state index in [1.165, 1.54) is 0 Å². The van der Waals surface area contributed by atoms with E-state index in [1.807, 2.05) is 47.4 Å². The molecule has 2 aliphatic heterocycles. The fraction of sp³-hybridized carbons (Fsp3) is 0.368. The molecule has 0 spiro atoms. The second kappa shape index (κ2) is 7.81. The van der Waals surface area contributed by atoms with Crippen LogP contribution in [0.3, 0.4) is 0 Å². The van der Waals surface area contributed by atoms with Crippen LogP contribution in [0.5, 0.6) is 0 Å². The fourth-order valence-corrected chi connectivity index (χ4v) is 3.47. The van der Waals surface area contributed by atoms with E-state index >= 15 is 0 Å². The Kier molecular flexibility index (Phi) is 5.08. The number of rotatable bonds is 3. The molecule has 2 fully saturated rings. The molecule has 8 nitrogen and oxygen atoms in total. The van der Waals surface area contributed by atoms with Crippen LogP contribution in [0.4, 0.5) is 10.5 Å². The van der Waals surface area contributed by atoms with Crippen molar-refractivity contribution in [2.24, 2.45) is 0 Å². The van der Waals surface area contributed by atoms with Crippen LogP contribution in [0.1, 0.15) is 18.2 Å². The van der Waals surface area contributed by atoms with Crippen molar-refractivity contribution in [3.05, 3.63) is 54.5 Å². The number of hydrazine groups is 1. The van der Waals surface area contributed by atoms with Gasteiger partial charge in [0.1, 0.15) is 11.8 Å². The summed E-state index contributed by atoms with van der Waals surface area (Å²) in [6, 6.07) is 12.7. The Morgan fingerprint density at radius 2 is 1.70 bits per heavy atom. The number of carbonyl (C=O) groups is 2. The number of urea groups is 1. The molecule has 2 saturated heterocycles. The molecule has 3 N–H and O–H groups in total. The molecule has 0 aliphatic carbocycles. The molecular formula is C19H23N5O3. The molecule has 1 aromatic carbocycles. The largest absolute Gasteiger partial charge is 0.468 e. The third-order valence-corrected chi connectivity index (χ3v) is 4.99. The Bertz CT molecular complexity index is 772. The second-order valence-corrected chi connectivity index (χ2v) is 6.75. The first-order valence-electron chi connectivity index (χ1n) is 9.15. The molecular weight excluding hydrogens is 346 g/mol. The highest BCUT2D eigenvalue weighted by atomic mass is 16.3. The summed E-state index contributed by atoms with van der Waals surface area (Å²) in [4.78, 5) is 28.7. The van der Waals surface area contributed by atoms with Gasteiger partial charge in [-0.2, -0.15) is 0 Å². The minimum Gasteiger partial charge on any atom is -0.468 e. The molecule has 8 heteroatoms. The molecule has 0 bridgehead atoms. The van der Waals surface area contributed by atoms with E-state index in [0.717, 1.165) is 11.4 Å². The van der Waals surface area contributed by atoms with Gasteiger partial charge in [0.15, 0.2) is 0 Å². The molecule has 0 saturated carbocycles. The highest BCUT2D eigenvalue weighted by molar-refractivity contribution is 5.89. The minimum absolute atomic E-state index is 0.00751. The Morgan fingerprint density at radius 3 is 2.41 bits per heavy atom. The lowest BCUT2D eigenvalue weighted by atomic mass is 10.1. The van der Waals surface area contributed by atoms with Crippen molar-refractivity contribution in [3.63, 3.8) is 0 Å². The summed E-state index contributed by atoms with van der Waals surface area (Å²) in [6.07, 6.45) is 2.27. The quantitative estimate of drug-likeness (QED) is 0.764. The van der Waals surface area contributed by atoms with Gasteiger partial charge in [0.2, 0.25) is 5.91 Å². The lowest BCUT2D eigenvalue weighted by Gasteiger charge is -2.35. The minimum atomic E-state index is -0.287. The Morgan fingerprint density at radius 1 is 0.963 bits per heavy atom. The molecule has 2 atom stereocenters. The monoisotopic (exact) mass is 369 g/mol. The van der Waals surface area contributed by atoms with Crippen molar-refractivity contribution >= 4 is 17.6 Å². The van der Waals surface area contributed by atoms with Gasteiger partial charge in [-0.05, 0) is 30.7 Å². The van der Waals surface area contributed by atoms with Gasteiger partial charge >= 0.3 is 6.03 Å². The van der Waals surface area contributed by atoms with Gasteiger partial charge in [0, 0.05) is 31.9 Å². The average molecular weight is 369 g/mol. The van der Waals surface area contributed by atoms with Gasteiger partial charge < -0.3 is 19.5 Å². The first-order chi connectivity index (χ1) is 13.2. The zero-order valence-electron chi connectivity index (χ0n) is 14.9. The first-order valence-corrected chi connectivity index (χ1v) is 9.15. The van der Waals surface area contributed by atoms with Crippen molar-refractivity contribution in [3.8, 4) is 0 Å². The summed E-state index contributed by atoms with van der Waals surface area (Å²) < 4.78 is 5.40. The standard InChI is InChI=1S/C19H23N5O3/c25-18(16-13-15(21-22-16)17-7-4-12-27-17)23-8-10-24(11-9-23)19(26)20-14-5-2-1-3-6-14/h1-7,12,15-16,21-22H,8-11,13H2,(H,20,26). The van der Waals surface area contributed by atoms with Gasteiger partial charge in [-0.1, -0.05) is 18.2 Å². The van der Waals surface area contributed by atoms with Crippen molar-refractivity contribution in [1.82, 2.24) is 20.7 Å². The maximum Gasteiger partial charge on any atom is 0.321 e. The topological polar surface area (TPSA) is 89.9 Å². The number of anilines is 1. The molecule has 3 amide bonds. The van der Waals surface area contributed by atoms with Crippen molar-refractivity contribution in [2.45, 2.75) is 18.5 Å². The molecule has 2 aliphatic rings. The molecule has 0 radical (unpaired) electrons. The Balaban J connectivity index is 1.26. The number of nitrogens with one attached hydrogen (secondary N) is 3. The molecule has 3 heterocycles. The first kappa shape index (κ1) is 17.6. The van der Waals surface area contributed by atoms with Crippen LogP contribution in [0.2, 0.25) is 0 Å². The van der Waals surface area contributed by atoms with Gasteiger partial charge in [-0.15, -0.1) is 0 Å². The normalized spacial score (nSPS) is 22.7. The van der Waals surface area contributed by atoms with Gasteiger partial charge in [-0.3, -0.25) is 4.79 Å². The molecule has 2 unspecified atom stereocenters. The molecule has 1 aromatic heterocycles. The lowest BCUT2D eigenvalue weighted by Crippen LogP contribution is -2.55. The van der Waals surface area contributed by atoms with Gasteiger partial charge in [-0.25, -0.2) is 15.6 Å². The second-order valence-electron chi connectivity index (χ2n) is 6.75. The number of amides is 3. The van der Waals surface area contributed by atoms with E-state index in [9.17, 15) is 9.59 Å². The molecule has 27 heavy (non-hydrogen) atoms. The van der Waals surface area contributed by atoms with E-state index in [1.54, 1.807) is 11.2 Å². The number of benzene rings is 1. The highest BCUT2D eigenvalue weighted by Gasteiger charge is 2.35. The average Bonchev–Trinajstić information content (AvgIpc) is 3.40. The summed E-state index contributed by atoms with van der Waals surface area (Å²) in [7, 11) is 0. The number of nitrogens with zero attached hydrogens (tertiary/aromatic N) is 2. The van der Waals surface area contributed by atoms with E-state index in [0.29, 0.717) is 32.6 Å². The van der Waals surface area contributed by atoms with E-state index in [-0.39, 0.29) is 24.0 Å². The van der Waals surface area contributed by atoms with Crippen molar-refractivity contribution < 1.29 is 14.0 Å². The smallest absolute Gasteiger partial charge is 0.321 e. The van der Waals surface area contributed by atoms with Crippen LogP contribution in [0, 0.1) is 0 Å². The summed E-state index contributed by atoms with van der Waals surface area (Å²) in [5.74, 6) is 0.875. The van der Waals surface area contributed by atoms with E-state index in [4.69, 9.17) is 4.42 Å². The van der Waals surface area contributed by atoms with Crippen LogP contribution in [0.15, 0.2) is 53.1 Å². The summed E-state index contributed by atoms with van der Waals surface area (Å²) in [5, 5.41) is 2.88. The van der Waals surface area contributed by atoms with Gasteiger partial charge in [0.05, 0.1) is 12.3 Å². The lowest BCUT2D eigenvalue weighted by molar-refractivity contribution is -0.134.